The van der Waals surface area contributed by atoms with Crippen LogP contribution in [0.25, 0.3) is 0 Å². The summed E-state index contributed by atoms with van der Waals surface area (Å²) in [6.45, 7) is -1.80. The van der Waals surface area contributed by atoms with Gasteiger partial charge >= 0.3 is 6.61 Å². The van der Waals surface area contributed by atoms with Gasteiger partial charge in [0.05, 0.1) is 0 Å². The quantitative estimate of drug-likeness (QED) is 0.780. The third kappa shape index (κ3) is 3.80. The normalized spacial score (nSPS) is 13.2. The Kier molecular flexibility index (Phi) is 5.68. The molecule has 1 aromatic carbocycles. The third-order valence-corrected chi connectivity index (χ3v) is 3.43. The largest absolute Gasteiger partial charge is 0.432 e. The molecular weight excluding hydrogens is 349 g/mol. The van der Waals surface area contributed by atoms with Crippen molar-refractivity contribution in [1.29, 1.82) is 0 Å². The van der Waals surface area contributed by atoms with Gasteiger partial charge in [-0.25, -0.2) is 4.39 Å². The Balaban J connectivity index is 0.00000208. The lowest BCUT2D eigenvalue weighted by Gasteiger charge is -2.13. The van der Waals surface area contributed by atoms with E-state index in [-0.39, 0.29) is 23.8 Å². The standard InChI is InChI=1S/C14H13F3N4O2.ClH/c15-9-5-7(1-2-11(9)23-14(16)17)19-13(22)12-8-6-18-4-3-10(8)20-21-12;/h1-2,5,14,18H,3-4,6H2,(H,19,22)(H,20,21);1H. The molecule has 6 nitrogen and oxygen atoms in total. The van der Waals surface area contributed by atoms with Crippen molar-refractivity contribution in [3.8, 4) is 5.75 Å². The predicted octanol–water partition coefficient (Wildman–Crippen LogP) is 2.47. The molecule has 1 aromatic heterocycles. The number of H-pyrrole nitrogens is 1. The van der Waals surface area contributed by atoms with E-state index in [9.17, 15) is 18.0 Å². The fourth-order valence-corrected chi connectivity index (χ4v) is 2.37. The summed E-state index contributed by atoms with van der Waals surface area (Å²) in [4.78, 5) is 12.2. The van der Waals surface area contributed by atoms with E-state index in [4.69, 9.17) is 0 Å². The van der Waals surface area contributed by atoms with E-state index in [0.29, 0.717) is 6.54 Å². The van der Waals surface area contributed by atoms with Crippen LogP contribution in [0.5, 0.6) is 5.75 Å². The van der Waals surface area contributed by atoms with Gasteiger partial charge in [-0.2, -0.15) is 13.9 Å². The van der Waals surface area contributed by atoms with Crippen molar-refractivity contribution in [2.75, 3.05) is 11.9 Å². The van der Waals surface area contributed by atoms with Crippen molar-refractivity contribution in [3.05, 3.63) is 41.0 Å². The number of carbonyl (C=O) groups excluding carboxylic acids is 1. The molecule has 2 heterocycles. The highest BCUT2D eigenvalue weighted by Gasteiger charge is 2.22. The van der Waals surface area contributed by atoms with Gasteiger partial charge in [0.2, 0.25) is 0 Å². The lowest BCUT2D eigenvalue weighted by molar-refractivity contribution is -0.0521. The first-order valence-electron chi connectivity index (χ1n) is 6.87. The van der Waals surface area contributed by atoms with Gasteiger partial charge in [-0.1, -0.05) is 0 Å². The summed E-state index contributed by atoms with van der Waals surface area (Å²) < 4.78 is 41.8. The Morgan fingerprint density at radius 2 is 2.17 bits per heavy atom. The van der Waals surface area contributed by atoms with Crippen molar-refractivity contribution in [2.45, 2.75) is 19.6 Å². The number of aromatic amines is 1. The van der Waals surface area contributed by atoms with E-state index < -0.39 is 24.1 Å². The number of anilines is 1. The number of aromatic nitrogens is 2. The second-order valence-corrected chi connectivity index (χ2v) is 4.93. The maximum absolute atomic E-state index is 13.6. The van der Waals surface area contributed by atoms with Crippen LogP contribution in [0.15, 0.2) is 18.2 Å². The van der Waals surface area contributed by atoms with E-state index in [1.165, 1.54) is 6.07 Å². The molecule has 0 bridgehead atoms. The maximum atomic E-state index is 13.6. The highest BCUT2D eigenvalue weighted by molar-refractivity contribution is 6.04. The smallest absolute Gasteiger partial charge is 0.387 e. The van der Waals surface area contributed by atoms with Crippen molar-refractivity contribution < 1.29 is 22.7 Å². The lowest BCUT2D eigenvalue weighted by atomic mass is 10.1. The number of hydrogen-bond acceptors (Lipinski definition) is 4. The molecule has 2 aromatic rings. The summed E-state index contributed by atoms with van der Waals surface area (Å²) in [5.41, 5.74) is 2.00. The Morgan fingerprint density at radius 1 is 1.38 bits per heavy atom. The van der Waals surface area contributed by atoms with Crippen LogP contribution in [0.1, 0.15) is 21.7 Å². The van der Waals surface area contributed by atoms with E-state index in [0.717, 1.165) is 36.4 Å². The zero-order valence-electron chi connectivity index (χ0n) is 12.2. The molecule has 0 unspecified atom stereocenters. The Labute approximate surface area is 141 Å². The number of hydrogen-bond donors (Lipinski definition) is 3. The molecule has 24 heavy (non-hydrogen) atoms. The number of carbonyl (C=O) groups is 1. The fourth-order valence-electron chi connectivity index (χ4n) is 2.37. The monoisotopic (exact) mass is 362 g/mol. The van der Waals surface area contributed by atoms with E-state index in [1.807, 2.05) is 0 Å². The van der Waals surface area contributed by atoms with Gasteiger partial charge in [-0.05, 0) is 12.1 Å². The summed E-state index contributed by atoms with van der Waals surface area (Å²) in [5.74, 6) is -2.08. The third-order valence-electron chi connectivity index (χ3n) is 3.43. The summed E-state index contributed by atoms with van der Waals surface area (Å²) in [5, 5.41) is 12.4. The minimum atomic E-state index is -3.12. The van der Waals surface area contributed by atoms with Gasteiger partial charge in [-0.3, -0.25) is 9.89 Å². The van der Waals surface area contributed by atoms with Gasteiger partial charge in [0.15, 0.2) is 17.3 Å². The number of fused-ring (bicyclic) bond motifs is 1. The molecule has 0 spiro atoms. The highest BCUT2D eigenvalue weighted by Crippen LogP contribution is 2.23. The average Bonchev–Trinajstić information content (AvgIpc) is 2.94. The zero-order chi connectivity index (χ0) is 16.4. The van der Waals surface area contributed by atoms with Crippen LogP contribution < -0.4 is 15.4 Å². The van der Waals surface area contributed by atoms with Crippen LogP contribution in [0.3, 0.4) is 0 Å². The van der Waals surface area contributed by atoms with Crippen molar-refractivity contribution in [1.82, 2.24) is 15.5 Å². The second-order valence-electron chi connectivity index (χ2n) is 4.93. The van der Waals surface area contributed by atoms with Gasteiger partial charge in [0.25, 0.3) is 5.91 Å². The first-order valence-corrected chi connectivity index (χ1v) is 6.87. The minimum absolute atomic E-state index is 0. The van der Waals surface area contributed by atoms with Gasteiger partial charge < -0.3 is 15.4 Å². The molecule has 0 radical (unpaired) electrons. The molecule has 10 heteroatoms. The van der Waals surface area contributed by atoms with Crippen LogP contribution in [0.2, 0.25) is 0 Å². The SMILES string of the molecule is Cl.O=C(Nc1ccc(OC(F)F)c(F)c1)c1n[nH]c2c1CNCC2. The number of halogens is 4. The van der Waals surface area contributed by atoms with E-state index in [1.54, 1.807) is 0 Å². The second kappa shape index (κ2) is 7.54. The molecule has 1 aliphatic heterocycles. The summed E-state index contributed by atoms with van der Waals surface area (Å²) in [6.07, 6.45) is 0.740. The van der Waals surface area contributed by atoms with Crippen LogP contribution in [-0.2, 0) is 13.0 Å². The average molecular weight is 363 g/mol. The number of nitrogens with zero attached hydrogens (tertiary/aromatic N) is 1. The highest BCUT2D eigenvalue weighted by atomic mass is 35.5. The minimum Gasteiger partial charge on any atom is -0.432 e. The van der Waals surface area contributed by atoms with Gasteiger partial charge in [0, 0.05) is 42.5 Å². The van der Waals surface area contributed by atoms with E-state index in [2.05, 4.69) is 25.6 Å². The molecule has 0 fully saturated rings. The number of ether oxygens (including phenoxy) is 1. The van der Waals surface area contributed by atoms with Crippen molar-refractivity contribution in [2.24, 2.45) is 0 Å². The Hall–Kier alpha value is -2.26. The molecule has 0 saturated carbocycles. The van der Waals surface area contributed by atoms with Gasteiger partial charge in [-0.15, -0.1) is 12.4 Å². The van der Waals surface area contributed by atoms with Gasteiger partial charge in [0.1, 0.15) is 0 Å². The predicted molar refractivity (Wildman–Crippen MR) is 82.2 cm³/mol. The molecule has 1 aliphatic rings. The molecule has 0 saturated heterocycles. The molecular formula is C14H14ClF3N4O2. The summed E-state index contributed by atoms with van der Waals surface area (Å²) in [6, 6.07) is 3.21. The van der Waals surface area contributed by atoms with Crippen LogP contribution >= 0.6 is 12.4 Å². The molecule has 0 aliphatic carbocycles. The topological polar surface area (TPSA) is 79.0 Å². The molecule has 130 valence electrons. The van der Waals surface area contributed by atoms with Crippen LogP contribution in [0, 0.1) is 5.82 Å². The van der Waals surface area contributed by atoms with Crippen molar-refractivity contribution >= 4 is 24.0 Å². The number of amides is 1. The number of nitrogens with one attached hydrogen (secondary N) is 3. The first-order chi connectivity index (χ1) is 11.0. The summed E-state index contributed by atoms with van der Waals surface area (Å²) in [7, 11) is 0. The molecule has 3 N–H and O–H groups in total. The number of benzene rings is 1. The maximum Gasteiger partial charge on any atom is 0.387 e. The van der Waals surface area contributed by atoms with Crippen LogP contribution in [0.4, 0.5) is 18.9 Å². The molecule has 0 atom stereocenters. The Morgan fingerprint density at radius 3 is 2.88 bits per heavy atom. The number of alkyl halides is 2. The lowest BCUT2D eigenvalue weighted by Crippen LogP contribution is -2.25. The van der Waals surface area contributed by atoms with Crippen molar-refractivity contribution in [3.63, 3.8) is 0 Å². The van der Waals surface area contributed by atoms with E-state index >= 15 is 0 Å². The summed E-state index contributed by atoms with van der Waals surface area (Å²) >= 11 is 0. The van der Waals surface area contributed by atoms with Crippen LogP contribution in [-0.4, -0.2) is 29.3 Å². The first kappa shape index (κ1) is 18.1. The number of rotatable bonds is 4. The Bertz CT molecular complexity index is 739. The zero-order valence-corrected chi connectivity index (χ0v) is 13.1. The molecule has 3 rings (SSSR count). The molecule has 1 amide bonds. The fraction of sp³-hybridized carbons (Fsp3) is 0.286.